The van der Waals surface area contributed by atoms with Crippen LogP contribution in [0, 0.1) is 16.7 Å². The quantitative estimate of drug-likeness (QED) is 0.173. The van der Waals surface area contributed by atoms with E-state index in [1.165, 1.54) is 19.1 Å². The summed E-state index contributed by atoms with van der Waals surface area (Å²) in [6, 6.07) is 15.1. The first kappa shape index (κ1) is 39.2. The van der Waals surface area contributed by atoms with Gasteiger partial charge in [-0.2, -0.15) is 0 Å². The van der Waals surface area contributed by atoms with E-state index < -0.39 is 107 Å². The minimum atomic E-state index is -2.32. The van der Waals surface area contributed by atoms with Crippen molar-refractivity contribution in [3.05, 3.63) is 82.9 Å². The Morgan fingerprint density at radius 1 is 0.926 bits per heavy atom. The molecule has 0 radical (unpaired) electrons. The fourth-order valence-electron chi connectivity index (χ4n) is 9.23. The van der Waals surface area contributed by atoms with Crippen LogP contribution < -0.4 is 5.73 Å². The van der Waals surface area contributed by atoms with Crippen LogP contribution in [-0.4, -0.2) is 99.4 Å². The number of fused-ring (bicyclic) bond motifs is 5. The van der Waals surface area contributed by atoms with Crippen LogP contribution in [-0.2, 0) is 42.9 Å². The summed E-state index contributed by atoms with van der Waals surface area (Å²) >= 11 is 0. The van der Waals surface area contributed by atoms with Gasteiger partial charge < -0.3 is 44.7 Å². The van der Waals surface area contributed by atoms with Crippen molar-refractivity contribution in [2.75, 3.05) is 6.61 Å². The van der Waals surface area contributed by atoms with E-state index in [1.807, 2.05) is 0 Å². The van der Waals surface area contributed by atoms with Crippen LogP contribution in [0.3, 0.4) is 0 Å². The third-order valence-electron chi connectivity index (χ3n) is 12.2. The molecule has 2 saturated carbocycles. The van der Waals surface area contributed by atoms with Crippen molar-refractivity contribution in [2.24, 2.45) is 22.5 Å². The summed E-state index contributed by atoms with van der Waals surface area (Å²) in [6.07, 6.45) is -9.98. The molecule has 2 bridgehead atoms. The number of esters is 4. The number of benzene rings is 2. The first-order valence-corrected chi connectivity index (χ1v) is 17.9. The second-order valence-corrected chi connectivity index (χ2v) is 15.6. The zero-order valence-corrected chi connectivity index (χ0v) is 31.0. The molecule has 2 aromatic carbocycles. The highest BCUT2D eigenvalue weighted by molar-refractivity contribution is 5.95. The number of carbonyl (C=O) groups is 5. The van der Waals surface area contributed by atoms with Gasteiger partial charge in [-0.25, -0.2) is 9.59 Å². The maximum Gasteiger partial charge on any atom is 0.338 e. The molecule has 0 aromatic heterocycles. The summed E-state index contributed by atoms with van der Waals surface area (Å²) in [5, 5.41) is 36.5. The molecule has 1 heterocycles. The van der Waals surface area contributed by atoms with Crippen molar-refractivity contribution >= 4 is 29.7 Å². The van der Waals surface area contributed by atoms with Crippen LogP contribution >= 0.6 is 0 Å². The average molecular weight is 750 g/mol. The normalized spacial score (nSPS) is 35.0. The van der Waals surface area contributed by atoms with Gasteiger partial charge in [0.15, 0.2) is 23.6 Å². The SMILES string of the molecule is CC(=O)O[C@H]1C(=O)[C@@]2(C)[C@H]([C@H](OC(=O)c3ccccc3)[C@]3(O)C[C@H](OC(=O)C(O)C(N)c4ccccc4)C(C)=C1C3(C)C)[C@]1(OC(C)=O)CO[C@@H]1C[C@@H]2O. The maximum absolute atomic E-state index is 15.3. The van der Waals surface area contributed by atoms with E-state index in [9.17, 15) is 34.5 Å². The van der Waals surface area contributed by atoms with Crippen molar-refractivity contribution in [1.29, 1.82) is 0 Å². The number of ether oxygens (including phenoxy) is 5. The molecule has 290 valence electrons. The Kier molecular flexibility index (Phi) is 10.2. The zero-order chi connectivity index (χ0) is 39.5. The van der Waals surface area contributed by atoms with Crippen LogP contribution in [0.4, 0.5) is 0 Å². The van der Waals surface area contributed by atoms with Gasteiger partial charge in [-0.1, -0.05) is 62.4 Å². The van der Waals surface area contributed by atoms with E-state index >= 15 is 4.79 Å². The Morgan fingerprint density at radius 3 is 2.09 bits per heavy atom. The molecule has 4 aliphatic rings. The third kappa shape index (κ3) is 6.04. The van der Waals surface area contributed by atoms with Crippen LogP contribution in [0.1, 0.15) is 76.3 Å². The highest BCUT2D eigenvalue weighted by Gasteiger charge is 2.78. The molecule has 0 amide bonds. The fraction of sp³-hybridized carbons (Fsp3) is 0.525. The summed E-state index contributed by atoms with van der Waals surface area (Å²) in [7, 11) is 0. The first-order chi connectivity index (χ1) is 25.3. The molecule has 5 N–H and O–H groups in total. The van der Waals surface area contributed by atoms with Crippen LogP contribution in [0.25, 0.3) is 0 Å². The van der Waals surface area contributed by atoms with E-state index in [0.29, 0.717) is 5.56 Å². The lowest BCUT2D eigenvalue weighted by atomic mass is 9.44. The summed E-state index contributed by atoms with van der Waals surface area (Å²) < 4.78 is 29.9. The predicted octanol–water partition coefficient (Wildman–Crippen LogP) is 2.26. The Morgan fingerprint density at radius 2 is 1.54 bits per heavy atom. The summed E-state index contributed by atoms with van der Waals surface area (Å²) in [5.74, 6) is -6.01. The van der Waals surface area contributed by atoms with Crippen molar-refractivity contribution in [2.45, 2.75) is 108 Å². The molecule has 54 heavy (non-hydrogen) atoms. The molecule has 3 fully saturated rings. The fourth-order valence-corrected chi connectivity index (χ4v) is 9.23. The van der Waals surface area contributed by atoms with Gasteiger partial charge in [0.05, 0.1) is 35.6 Å². The number of nitrogens with two attached hydrogens (primary N) is 1. The summed E-state index contributed by atoms with van der Waals surface area (Å²) in [4.78, 5) is 68.7. The van der Waals surface area contributed by atoms with Crippen molar-refractivity contribution in [3.63, 3.8) is 0 Å². The molecule has 0 spiro atoms. The number of aliphatic hydroxyl groups is 3. The Hall–Kier alpha value is -4.47. The Bertz CT molecular complexity index is 1860. The lowest BCUT2D eigenvalue weighted by Gasteiger charge is -2.67. The van der Waals surface area contributed by atoms with Gasteiger partial charge in [0, 0.05) is 32.1 Å². The van der Waals surface area contributed by atoms with Crippen LogP contribution in [0.15, 0.2) is 71.8 Å². The lowest BCUT2D eigenvalue weighted by Crippen LogP contribution is -2.82. The van der Waals surface area contributed by atoms with E-state index in [-0.39, 0.29) is 29.7 Å². The van der Waals surface area contributed by atoms with E-state index in [0.717, 1.165) is 13.8 Å². The molecular weight excluding hydrogens is 702 g/mol. The molecule has 14 heteroatoms. The largest absolute Gasteiger partial charge is 0.456 e. The van der Waals surface area contributed by atoms with E-state index in [2.05, 4.69) is 0 Å². The smallest absolute Gasteiger partial charge is 0.338 e. The number of hydrogen-bond acceptors (Lipinski definition) is 14. The molecule has 11 atom stereocenters. The number of Topliss-reactive ketones (excluding diaryl/α,β-unsaturated/α-hetero) is 1. The van der Waals surface area contributed by atoms with Gasteiger partial charge in [-0.05, 0) is 42.7 Å². The van der Waals surface area contributed by atoms with Gasteiger partial charge in [0.25, 0.3) is 0 Å². The summed E-state index contributed by atoms with van der Waals surface area (Å²) in [6.45, 7) is 8.08. The molecule has 1 aliphatic heterocycles. The van der Waals surface area contributed by atoms with Gasteiger partial charge in [-0.3, -0.25) is 14.4 Å². The summed E-state index contributed by atoms with van der Waals surface area (Å²) in [5.41, 5.74) is -0.605. The van der Waals surface area contributed by atoms with Crippen molar-refractivity contribution < 1.29 is 63.0 Å². The number of aliphatic hydroxyl groups excluding tert-OH is 2. The van der Waals surface area contributed by atoms with Crippen molar-refractivity contribution in [3.8, 4) is 0 Å². The number of carbonyl (C=O) groups excluding carboxylic acids is 5. The molecule has 14 nitrogen and oxygen atoms in total. The molecule has 1 saturated heterocycles. The molecule has 2 aromatic rings. The van der Waals surface area contributed by atoms with Gasteiger partial charge in [-0.15, -0.1) is 0 Å². The standard InChI is InChI=1S/C40H47NO13/c1-20-25(52-36(48)30(45)29(41)23-13-9-7-10-14-23)18-40(49)34(53-35(47)24-15-11-8-12-16-24)32-38(6,26(44)17-27-39(32,19-50-27)54-22(3)43)33(46)31(51-21(2)42)28(20)37(40,4)5/h7-16,25-27,29-32,34,44-45,49H,17-19,41H2,1-6H3/t25-,26-,27+,29?,30?,31+,32-,34-,38+,39-,40+/m0/s1. The van der Waals surface area contributed by atoms with Gasteiger partial charge in [0.1, 0.15) is 23.9 Å². The Labute approximate surface area is 312 Å². The van der Waals surface area contributed by atoms with Crippen molar-refractivity contribution in [1.82, 2.24) is 0 Å². The first-order valence-electron chi connectivity index (χ1n) is 17.9. The number of ketones is 1. The van der Waals surface area contributed by atoms with Crippen LogP contribution in [0.5, 0.6) is 0 Å². The second-order valence-electron chi connectivity index (χ2n) is 15.6. The molecular formula is C40H47NO13. The molecule has 6 rings (SSSR count). The van der Waals surface area contributed by atoms with E-state index in [1.54, 1.807) is 69.3 Å². The lowest BCUT2D eigenvalue weighted by molar-refractivity contribution is -0.346. The maximum atomic E-state index is 15.3. The second kappa shape index (κ2) is 14.0. The van der Waals surface area contributed by atoms with Gasteiger partial charge in [0.2, 0.25) is 0 Å². The minimum absolute atomic E-state index is 0.0391. The average Bonchev–Trinajstić information content (AvgIpc) is 3.12. The zero-order valence-electron chi connectivity index (χ0n) is 31.0. The molecule has 3 aliphatic carbocycles. The highest BCUT2D eigenvalue weighted by Crippen LogP contribution is 2.64. The third-order valence-corrected chi connectivity index (χ3v) is 12.2. The number of rotatable bonds is 8. The monoisotopic (exact) mass is 749 g/mol. The van der Waals surface area contributed by atoms with Gasteiger partial charge >= 0.3 is 23.9 Å². The Balaban J connectivity index is 1.58. The minimum Gasteiger partial charge on any atom is -0.456 e. The highest BCUT2D eigenvalue weighted by atomic mass is 16.6. The topological polar surface area (TPSA) is 218 Å². The number of hydrogen-bond donors (Lipinski definition) is 4. The predicted molar refractivity (Wildman–Crippen MR) is 188 cm³/mol. The van der Waals surface area contributed by atoms with Crippen LogP contribution in [0.2, 0.25) is 0 Å². The van der Waals surface area contributed by atoms with E-state index in [4.69, 9.17) is 29.4 Å². The molecule has 2 unspecified atom stereocenters.